The van der Waals surface area contributed by atoms with Crippen LogP contribution in [0.5, 0.6) is 0 Å². The van der Waals surface area contributed by atoms with E-state index < -0.39 is 0 Å². The van der Waals surface area contributed by atoms with Gasteiger partial charge in [0.2, 0.25) is 0 Å². The minimum Gasteiger partial charge on any atom is -0.304 e. The Kier molecular flexibility index (Phi) is 5.74. The molecule has 0 aliphatic heterocycles. The van der Waals surface area contributed by atoms with Crippen LogP contribution in [0.3, 0.4) is 0 Å². The highest BCUT2D eigenvalue weighted by Crippen LogP contribution is 2.19. The third kappa shape index (κ3) is 4.47. The molecule has 0 unspecified atom stereocenters. The summed E-state index contributed by atoms with van der Waals surface area (Å²) < 4.78 is 6.20. The van der Waals surface area contributed by atoms with E-state index in [4.69, 9.17) is 11.6 Å². The van der Waals surface area contributed by atoms with Crippen molar-refractivity contribution in [1.29, 1.82) is 0 Å². The second-order valence-corrected chi connectivity index (χ2v) is 8.08. The van der Waals surface area contributed by atoms with Gasteiger partial charge < -0.3 is 5.32 Å². The fourth-order valence-electron chi connectivity index (χ4n) is 3.03. The van der Waals surface area contributed by atoms with Gasteiger partial charge >= 0.3 is 0 Å². The van der Waals surface area contributed by atoms with Crippen LogP contribution < -0.4 is 5.32 Å². The lowest BCUT2D eigenvalue weighted by atomic mass is 10.2. The highest BCUT2D eigenvalue weighted by molar-refractivity contribution is 9.10. The van der Waals surface area contributed by atoms with Gasteiger partial charge in [0.25, 0.3) is 5.91 Å². The number of rotatable bonds is 6. The molecule has 0 spiro atoms. The van der Waals surface area contributed by atoms with Gasteiger partial charge in [-0.05, 0) is 53.5 Å². The Labute approximate surface area is 186 Å². The Bertz CT molecular complexity index is 1210. The van der Waals surface area contributed by atoms with Crippen LogP contribution in [0.15, 0.2) is 53.3 Å². The summed E-state index contributed by atoms with van der Waals surface area (Å²) in [5.74, 6) is 0.135. The molecule has 1 aromatic carbocycles. The normalized spacial score (nSPS) is 11.1. The molecule has 0 aliphatic carbocycles. The second-order valence-electron chi connectivity index (χ2n) is 6.85. The first-order chi connectivity index (χ1) is 14.4. The van der Waals surface area contributed by atoms with Gasteiger partial charge in [0, 0.05) is 23.5 Å². The molecule has 1 N–H and O–H groups in total. The number of nitrogens with one attached hydrogen (secondary N) is 1. The number of carbonyl (C=O) groups excluding carboxylic acids is 1. The molecule has 0 aliphatic rings. The third-order valence-electron chi connectivity index (χ3n) is 4.56. The van der Waals surface area contributed by atoms with Crippen LogP contribution in [-0.2, 0) is 13.2 Å². The molecule has 3 aromatic heterocycles. The van der Waals surface area contributed by atoms with Crippen LogP contribution in [0.1, 0.15) is 27.4 Å². The van der Waals surface area contributed by atoms with E-state index in [1.807, 2.05) is 42.8 Å². The molecule has 4 rings (SSSR count). The number of benzene rings is 1. The van der Waals surface area contributed by atoms with Gasteiger partial charge in [-0.2, -0.15) is 15.3 Å². The van der Waals surface area contributed by atoms with E-state index in [1.165, 1.54) is 0 Å². The second kappa shape index (κ2) is 8.45. The lowest BCUT2D eigenvalue weighted by Crippen LogP contribution is -2.16. The largest absolute Gasteiger partial charge is 0.304 e. The molecule has 0 saturated carbocycles. The standard InChI is InChI=1S/C20H19BrClN7O/c1-13-19(21)14(2)29(24-13)12-28-8-6-17(25-28)20(30)23-18-7-9-27(26-18)11-15-4-3-5-16(22)10-15/h3-10H,11-12H2,1-2H3,(H,23,26,30). The summed E-state index contributed by atoms with van der Waals surface area (Å²) in [4.78, 5) is 12.5. The van der Waals surface area contributed by atoms with E-state index in [-0.39, 0.29) is 5.91 Å². The number of carbonyl (C=O) groups is 1. The van der Waals surface area contributed by atoms with Crippen molar-refractivity contribution in [2.45, 2.75) is 27.1 Å². The molecule has 0 saturated heterocycles. The number of anilines is 1. The number of aromatic nitrogens is 6. The monoisotopic (exact) mass is 487 g/mol. The first kappa shape index (κ1) is 20.4. The number of hydrogen-bond donors (Lipinski definition) is 1. The van der Waals surface area contributed by atoms with Crippen molar-refractivity contribution in [3.63, 3.8) is 0 Å². The zero-order chi connectivity index (χ0) is 21.3. The number of aryl methyl sites for hydroxylation is 1. The average Bonchev–Trinajstić information content (AvgIpc) is 3.40. The van der Waals surface area contributed by atoms with E-state index >= 15 is 0 Å². The molecular weight excluding hydrogens is 470 g/mol. The summed E-state index contributed by atoms with van der Waals surface area (Å²) in [6, 6.07) is 11.0. The molecule has 154 valence electrons. The van der Waals surface area contributed by atoms with Gasteiger partial charge in [-0.15, -0.1) is 0 Å². The van der Waals surface area contributed by atoms with Crippen molar-refractivity contribution in [3.8, 4) is 0 Å². The minimum absolute atomic E-state index is 0.306. The van der Waals surface area contributed by atoms with Crippen LogP contribution >= 0.6 is 27.5 Å². The van der Waals surface area contributed by atoms with Crippen molar-refractivity contribution in [2.75, 3.05) is 5.32 Å². The predicted molar refractivity (Wildman–Crippen MR) is 118 cm³/mol. The molecule has 3 heterocycles. The lowest BCUT2D eigenvalue weighted by Gasteiger charge is -2.04. The maximum Gasteiger partial charge on any atom is 0.277 e. The van der Waals surface area contributed by atoms with Crippen molar-refractivity contribution in [1.82, 2.24) is 29.3 Å². The van der Waals surface area contributed by atoms with Gasteiger partial charge in [0.15, 0.2) is 11.5 Å². The number of nitrogens with zero attached hydrogens (tertiary/aromatic N) is 6. The molecule has 0 fully saturated rings. The van der Waals surface area contributed by atoms with E-state index in [0.29, 0.717) is 29.7 Å². The fourth-order valence-corrected chi connectivity index (χ4v) is 3.53. The zero-order valence-corrected chi connectivity index (χ0v) is 18.7. The van der Waals surface area contributed by atoms with Crippen molar-refractivity contribution in [3.05, 3.63) is 80.9 Å². The summed E-state index contributed by atoms with van der Waals surface area (Å²) >= 11 is 9.53. The van der Waals surface area contributed by atoms with E-state index in [9.17, 15) is 4.79 Å². The summed E-state index contributed by atoms with van der Waals surface area (Å²) in [7, 11) is 0. The Morgan fingerprint density at radius 3 is 2.63 bits per heavy atom. The number of hydrogen-bond acceptors (Lipinski definition) is 4. The van der Waals surface area contributed by atoms with Crippen LogP contribution in [0, 0.1) is 13.8 Å². The number of halogens is 2. The first-order valence-electron chi connectivity index (χ1n) is 9.21. The van der Waals surface area contributed by atoms with Crippen molar-refractivity contribution < 1.29 is 4.79 Å². The van der Waals surface area contributed by atoms with Gasteiger partial charge in [0.05, 0.1) is 22.4 Å². The Balaban J connectivity index is 1.40. The minimum atomic E-state index is -0.323. The highest BCUT2D eigenvalue weighted by atomic mass is 79.9. The van der Waals surface area contributed by atoms with Gasteiger partial charge in [-0.3, -0.25) is 14.2 Å². The van der Waals surface area contributed by atoms with E-state index in [0.717, 1.165) is 21.4 Å². The summed E-state index contributed by atoms with van der Waals surface area (Å²) in [6.45, 7) is 4.88. The zero-order valence-electron chi connectivity index (χ0n) is 16.4. The smallest absolute Gasteiger partial charge is 0.277 e. The summed E-state index contributed by atoms with van der Waals surface area (Å²) in [5.41, 5.74) is 3.24. The average molecular weight is 489 g/mol. The molecule has 0 radical (unpaired) electrons. The van der Waals surface area contributed by atoms with E-state index in [1.54, 1.807) is 33.9 Å². The molecule has 0 bridgehead atoms. The maximum atomic E-state index is 12.5. The van der Waals surface area contributed by atoms with Gasteiger partial charge in [-0.1, -0.05) is 23.7 Å². The topological polar surface area (TPSA) is 82.6 Å². The summed E-state index contributed by atoms with van der Waals surface area (Å²) in [5, 5.41) is 16.6. The molecule has 8 nitrogen and oxygen atoms in total. The highest BCUT2D eigenvalue weighted by Gasteiger charge is 2.13. The molecular formula is C20H19BrClN7O. The van der Waals surface area contributed by atoms with Gasteiger partial charge in [-0.25, -0.2) is 4.68 Å². The molecule has 0 atom stereocenters. The van der Waals surface area contributed by atoms with Crippen LogP contribution in [0.25, 0.3) is 0 Å². The predicted octanol–water partition coefficient (Wildman–Crippen LogP) is 4.12. The van der Waals surface area contributed by atoms with Crippen LogP contribution in [0.2, 0.25) is 5.02 Å². The molecule has 30 heavy (non-hydrogen) atoms. The number of amides is 1. The quantitative estimate of drug-likeness (QED) is 0.443. The Morgan fingerprint density at radius 1 is 1.10 bits per heavy atom. The maximum absolute atomic E-state index is 12.5. The lowest BCUT2D eigenvalue weighted by molar-refractivity contribution is 0.102. The summed E-state index contributed by atoms with van der Waals surface area (Å²) in [6.07, 6.45) is 3.55. The van der Waals surface area contributed by atoms with Crippen molar-refractivity contribution in [2.24, 2.45) is 0 Å². The molecule has 10 heteroatoms. The SMILES string of the molecule is Cc1nn(Cn2ccc(C(=O)Nc3ccn(Cc4cccc(Cl)c4)n3)n2)c(C)c1Br. The molecule has 4 aromatic rings. The van der Waals surface area contributed by atoms with Crippen LogP contribution in [-0.4, -0.2) is 35.2 Å². The Hall–Kier alpha value is -2.91. The molecule has 1 amide bonds. The van der Waals surface area contributed by atoms with Crippen LogP contribution in [0.4, 0.5) is 5.82 Å². The van der Waals surface area contributed by atoms with Crippen molar-refractivity contribution >= 4 is 39.3 Å². The Morgan fingerprint density at radius 2 is 1.90 bits per heavy atom. The first-order valence-corrected chi connectivity index (χ1v) is 10.4. The fraction of sp³-hybridized carbons (Fsp3) is 0.200. The van der Waals surface area contributed by atoms with E-state index in [2.05, 4.69) is 36.5 Å². The third-order valence-corrected chi connectivity index (χ3v) is 5.94. The van der Waals surface area contributed by atoms with Gasteiger partial charge in [0.1, 0.15) is 6.67 Å².